The lowest BCUT2D eigenvalue weighted by Crippen LogP contribution is -2.41. The number of hydrogen-bond acceptors (Lipinski definition) is 8. The van der Waals surface area contributed by atoms with E-state index in [2.05, 4.69) is 46.6 Å². The third-order valence-electron chi connectivity index (χ3n) is 6.28. The summed E-state index contributed by atoms with van der Waals surface area (Å²) >= 11 is 0. The maximum absolute atomic E-state index is 11.7. The van der Waals surface area contributed by atoms with Crippen molar-refractivity contribution in [1.82, 2.24) is 20.3 Å². The summed E-state index contributed by atoms with van der Waals surface area (Å²) in [5.74, 6) is 0.234. The molecular weight excluding hydrogens is 458 g/mol. The van der Waals surface area contributed by atoms with Crippen molar-refractivity contribution >= 4 is 11.6 Å². The third kappa shape index (κ3) is 8.27. The minimum Gasteiger partial charge on any atom is -0.458 e. The number of carbonyl (C=O) groups excluding carboxylic acids is 1. The van der Waals surface area contributed by atoms with Crippen LogP contribution in [0.4, 0.5) is 0 Å². The van der Waals surface area contributed by atoms with E-state index in [1.54, 1.807) is 11.1 Å². The molecule has 2 aliphatic rings. The van der Waals surface area contributed by atoms with Crippen molar-refractivity contribution in [3.05, 3.63) is 53.3 Å². The van der Waals surface area contributed by atoms with Crippen LogP contribution in [0.5, 0.6) is 6.01 Å². The van der Waals surface area contributed by atoms with Gasteiger partial charge in [-0.1, -0.05) is 43.7 Å². The van der Waals surface area contributed by atoms with E-state index in [1.807, 2.05) is 19.9 Å². The number of ether oxygens (including phenoxy) is 2. The zero-order chi connectivity index (χ0) is 25.8. The molecule has 0 radical (unpaired) electrons. The van der Waals surface area contributed by atoms with Crippen molar-refractivity contribution in [2.75, 3.05) is 39.5 Å². The van der Waals surface area contributed by atoms with Crippen molar-refractivity contribution < 1.29 is 19.4 Å². The predicted octanol–water partition coefficient (Wildman–Crippen LogP) is 2.75. The minimum atomic E-state index is -0.419. The molecule has 0 bridgehead atoms. The van der Waals surface area contributed by atoms with E-state index in [1.165, 1.54) is 5.56 Å². The van der Waals surface area contributed by atoms with Gasteiger partial charge in [-0.3, -0.25) is 4.79 Å². The average Bonchev–Trinajstić information content (AvgIpc) is 3.43. The summed E-state index contributed by atoms with van der Waals surface area (Å²) in [6.07, 6.45) is 4.90. The summed E-state index contributed by atoms with van der Waals surface area (Å²) in [5, 5.41) is 13.8. The summed E-state index contributed by atoms with van der Waals surface area (Å²) in [4.78, 5) is 22.2. The molecule has 196 valence electrons. The summed E-state index contributed by atoms with van der Waals surface area (Å²) in [6, 6.07) is 10.6. The topological polar surface area (TPSA) is 109 Å². The Kier molecular flexibility index (Phi) is 11.1. The molecule has 0 unspecified atom stereocenters. The van der Waals surface area contributed by atoms with Gasteiger partial charge < -0.3 is 24.9 Å². The van der Waals surface area contributed by atoms with Gasteiger partial charge in [-0.25, -0.2) is 4.98 Å². The number of benzene rings is 1. The first kappa shape index (κ1) is 27.5. The fraction of sp³-hybridized carbons (Fsp3) is 0.556. The highest BCUT2D eigenvalue weighted by Gasteiger charge is 2.22. The molecule has 0 saturated carbocycles. The molecule has 2 saturated heterocycles. The molecule has 2 fully saturated rings. The number of nitrogens with one attached hydrogen (secondary N) is 1. The molecule has 9 nitrogen and oxygen atoms in total. The normalized spacial score (nSPS) is 18.4. The Hall–Kier alpha value is -3.04. The lowest BCUT2D eigenvalue weighted by Gasteiger charge is -2.31. The highest BCUT2D eigenvalue weighted by Crippen LogP contribution is 2.17. The largest absolute Gasteiger partial charge is 0.458 e. The lowest BCUT2D eigenvalue weighted by atomic mass is 9.97. The van der Waals surface area contributed by atoms with E-state index in [9.17, 15) is 4.79 Å². The van der Waals surface area contributed by atoms with Gasteiger partial charge >= 0.3 is 6.01 Å². The number of aromatic nitrogens is 2. The summed E-state index contributed by atoms with van der Waals surface area (Å²) < 4.78 is 11.2. The van der Waals surface area contributed by atoms with Crippen LogP contribution in [0.2, 0.25) is 0 Å². The minimum absolute atomic E-state index is 0.00115. The number of aliphatic hydroxyl groups excluding tert-OH is 1. The van der Waals surface area contributed by atoms with Crippen LogP contribution in [0, 0.1) is 12.8 Å². The maximum Gasteiger partial charge on any atom is 0.316 e. The number of aryl methyl sites for hydroxylation is 1. The second-order valence-corrected chi connectivity index (χ2v) is 8.88. The number of rotatable bonds is 9. The van der Waals surface area contributed by atoms with Gasteiger partial charge in [0.25, 0.3) is 0 Å². The van der Waals surface area contributed by atoms with Gasteiger partial charge in [0.15, 0.2) is 0 Å². The molecule has 36 heavy (non-hydrogen) atoms. The molecule has 9 heteroatoms. The van der Waals surface area contributed by atoms with Gasteiger partial charge in [-0.2, -0.15) is 10.1 Å². The molecular formula is C27H39N5O4. The van der Waals surface area contributed by atoms with Crippen LogP contribution >= 0.6 is 0 Å². The molecule has 1 amide bonds. The lowest BCUT2D eigenvalue weighted by molar-refractivity contribution is -0.135. The van der Waals surface area contributed by atoms with E-state index in [0.717, 1.165) is 42.8 Å². The molecule has 1 aromatic heterocycles. The quantitative estimate of drug-likeness (QED) is 0.405. The van der Waals surface area contributed by atoms with Crippen LogP contribution in [0.25, 0.3) is 0 Å². The first-order valence-corrected chi connectivity index (χ1v) is 12.9. The van der Waals surface area contributed by atoms with Crippen LogP contribution in [0.1, 0.15) is 49.9 Å². The zero-order valence-electron chi connectivity index (χ0n) is 21.7. The highest BCUT2D eigenvalue weighted by atomic mass is 16.6. The van der Waals surface area contributed by atoms with Crippen molar-refractivity contribution in [3.8, 4) is 6.01 Å². The number of aliphatic hydroxyl groups is 1. The predicted molar refractivity (Wildman–Crippen MR) is 139 cm³/mol. The van der Waals surface area contributed by atoms with Gasteiger partial charge in [-0.05, 0) is 37.3 Å². The number of piperidine rings is 1. The molecule has 1 atom stereocenters. The second kappa shape index (κ2) is 14.5. The Morgan fingerprint density at radius 2 is 1.94 bits per heavy atom. The molecule has 2 N–H and O–H groups in total. The number of amides is 1. The number of hydrazone groups is 1. The molecule has 0 spiro atoms. The first-order valence-electron chi connectivity index (χ1n) is 12.9. The van der Waals surface area contributed by atoms with Crippen molar-refractivity contribution in [3.63, 3.8) is 0 Å². The number of hydrogen-bond donors (Lipinski definition) is 2. The number of carbonyl (C=O) groups is 1. The summed E-state index contributed by atoms with van der Waals surface area (Å²) in [6.45, 7) is 9.00. The average molecular weight is 498 g/mol. The van der Waals surface area contributed by atoms with Gasteiger partial charge in [0.05, 0.1) is 24.6 Å². The van der Waals surface area contributed by atoms with E-state index in [4.69, 9.17) is 19.7 Å². The SMILES string of the molecule is CC.Cc1ccc(/C(Cc2ccnc(O[C@H]3CCOC3)n2)=N/NCC2CCN(C(=O)CO)CC2)cc1. The monoisotopic (exact) mass is 497 g/mol. The fourth-order valence-corrected chi connectivity index (χ4v) is 4.17. The molecule has 2 aliphatic heterocycles. The van der Waals surface area contributed by atoms with Crippen molar-refractivity contribution in [2.45, 2.75) is 52.6 Å². The standard InChI is InChI=1S/C25H33N5O4.C2H6/c1-18-2-4-20(5-3-18)23(29-27-15-19-7-11-30(12-8-19)24(32)16-31)14-21-6-10-26-25(28-21)34-22-9-13-33-17-22;1-2/h2-6,10,19,22,27,31H,7-9,11-17H2,1H3;1-2H3/b29-23+;/t22-;/m0./s1. The van der Waals surface area contributed by atoms with Gasteiger partial charge in [-0.15, -0.1) is 0 Å². The Balaban J connectivity index is 0.00000176. The Morgan fingerprint density at radius 1 is 1.19 bits per heavy atom. The Morgan fingerprint density at radius 3 is 2.61 bits per heavy atom. The molecule has 1 aromatic carbocycles. The number of nitrogens with zero attached hydrogens (tertiary/aromatic N) is 4. The third-order valence-corrected chi connectivity index (χ3v) is 6.28. The smallest absolute Gasteiger partial charge is 0.316 e. The van der Waals surface area contributed by atoms with Crippen LogP contribution < -0.4 is 10.2 Å². The molecule has 0 aliphatic carbocycles. The highest BCUT2D eigenvalue weighted by molar-refractivity contribution is 6.01. The van der Waals surface area contributed by atoms with E-state index in [0.29, 0.717) is 44.7 Å². The fourth-order valence-electron chi connectivity index (χ4n) is 4.17. The van der Waals surface area contributed by atoms with Crippen LogP contribution in [0.15, 0.2) is 41.6 Å². The van der Waals surface area contributed by atoms with Crippen LogP contribution in [-0.4, -0.2) is 77.2 Å². The molecule has 2 aromatic rings. The van der Waals surface area contributed by atoms with Gasteiger partial charge in [0.1, 0.15) is 12.7 Å². The summed E-state index contributed by atoms with van der Waals surface area (Å²) in [7, 11) is 0. The van der Waals surface area contributed by atoms with E-state index < -0.39 is 6.61 Å². The Labute approximate surface area is 213 Å². The number of likely N-dealkylation sites (tertiary alicyclic amines) is 1. The van der Waals surface area contributed by atoms with E-state index >= 15 is 0 Å². The second-order valence-electron chi connectivity index (χ2n) is 8.88. The van der Waals surface area contributed by atoms with Crippen molar-refractivity contribution in [2.24, 2.45) is 11.0 Å². The zero-order valence-corrected chi connectivity index (χ0v) is 21.7. The van der Waals surface area contributed by atoms with Gasteiger partial charge in [0.2, 0.25) is 5.91 Å². The molecule has 4 rings (SSSR count). The summed E-state index contributed by atoms with van der Waals surface area (Å²) in [5.41, 5.74) is 7.21. The van der Waals surface area contributed by atoms with Crippen LogP contribution in [-0.2, 0) is 16.0 Å². The van der Waals surface area contributed by atoms with Crippen LogP contribution in [0.3, 0.4) is 0 Å². The Bertz CT molecular complexity index is 968. The molecule has 3 heterocycles. The van der Waals surface area contributed by atoms with E-state index in [-0.39, 0.29) is 12.0 Å². The maximum atomic E-state index is 11.7. The van der Waals surface area contributed by atoms with Gasteiger partial charge in [0, 0.05) is 38.7 Å². The van der Waals surface area contributed by atoms with Crippen molar-refractivity contribution in [1.29, 1.82) is 0 Å². The first-order chi connectivity index (χ1) is 17.6.